The third-order valence-electron chi connectivity index (χ3n) is 9.47. The Balaban J connectivity index is 0.00000193. The molecule has 0 N–H and O–H groups in total. The Hall–Kier alpha value is -5.14. The lowest BCUT2D eigenvalue weighted by molar-refractivity contribution is 1.50. The first-order valence-electron chi connectivity index (χ1n) is 17.3. The zero-order chi connectivity index (χ0) is 34.8. The van der Waals surface area contributed by atoms with Crippen LogP contribution in [0, 0.1) is 0 Å². The molecule has 0 radical (unpaired) electrons. The van der Waals surface area contributed by atoms with Crippen LogP contribution in [0.1, 0.15) is 27.7 Å². The van der Waals surface area contributed by atoms with Gasteiger partial charge in [0.2, 0.25) is 0 Å². The molecule has 0 saturated carbocycles. The van der Waals surface area contributed by atoms with Gasteiger partial charge < -0.3 is 0 Å². The Labute approximate surface area is 304 Å². The van der Waals surface area contributed by atoms with Gasteiger partial charge in [0.1, 0.15) is 0 Å². The van der Waals surface area contributed by atoms with Crippen LogP contribution in [0.2, 0.25) is 10.0 Å². The van der Waals surface area contributed by atoms with E-state index in [1.165, 1.54) is 76.1 Å². The van der Waals surface area contributed by atoms with E-state index in [0.717, 1.165) is 21.2 Å². The molecule has 0 aliphatic rings. The van der Waals surface area contributed by atoms with Crippen LogP contribution in [0.3, 0.4) is 0 Å². The van der Waals surface area contributed by atoms with Crippen molar-refractivity contribution in [3.63, 3.8) is 0 Å². The molecule has 2 heteroatoms. The van der Waals surface area contributed by atoms with Crippen molar-refractivity contribution in [1.29, 1.82) is 0 Å². The summed E-state index contributed by atoms with van der Waals surface area (Å²) in [6.45, 7) is 8.27. The van der Waals surface area contributed by atoms with E-state index < -0.39 is 0 Å². The molecule has 0 amide bonds. The first-order chi connectivity index (χ1) is 24.6. The van der Waals surface area contributed by atoms with E-state index in [1.807, 2.05) is 38.1 Å². The Morgan fingerprint density at radius 2 is 0.620 bits per heavy atom. The molecule has 244 valence electrons. The number of hydrogen-bond acceptors (Lipinski definition) is 0. The summed E-state index contributed by atoms with van der Waals surface area (Å²) in [7, 11) is 0. The molecule has 8 aromatic rings. The van der Waals surface area contributed by atoms with Gasteiger partial charge in [0, 0.05) is 10.0 Å². The summed E-state index contributed by atoms with van der Waals surface area (Å²) in [4.78, 5) is 0. The Bertz CT molecular complexity index is 2610. The molecule has 0 aliphatic heterocycles. The molecule has 0 aromatic heterocycles. The predicted molar refractivity (Wildman–Crippen MR) is 222 cm³/mol. The third-order valence-corrected chi connectivity index (χ3v) is 9.94. The van der Waals surface area contributed by atoms with Gasteiger partial charge in [-0.15, -0.1) is 0 Å². The molecule has 8 rings (SSSR count). The summed E-state index contributed by atoms with van der Waals surface area (Å²) in [5, 5.41) is 11.2. The molecule has 0 heterocycles. The largest absolute Gasteiger partial charge is 0.0843 e. The SMILES string of the molecule is C/C=c1/c(-c2cccc(Cl)c2)c2ccccc2c(-c2cccc(-c3c4ccccc4c(-c4cccc(Cl)c4)c4ccccc34)c2)/c1=C/C.CC. The number of hydrogen-bond donors (Lipinski definition) is 0. The van der Waals surface area contributed by atoms with Crippen LogP contribution in [0.5, 0.6) is 0 Å². The Morgan fingerprint density at radius 3 is 0.960 bits per heavy atom. The van der Waals surface area contributed by atoms with E-state index in [2.05, 4.69) is 147 Å². The van der Waals surface area contributed by atoms with E-state index >= 15 is 0 Å². The van der Waals surface area contributed by atoms with Crippen LogP contribution in [-0.4, -0.2) is 0 Å². The third kappa shape index (κ3) is 5.79. The second kappa shape index (κ2) is 14.4. The maximum atomic E-state index is 6.53. The summed E-state index contributed by atoms with van der Waals surface area (Å²) >= 11 is 13.1. The minimum atomic E-state index is 0.735. The molecule has 0 aliphatic carbocycles. The van der Waals surface area contributed by atoms with E-state index in [0.29, 0.717) is 0 Å². The summed E-state index contributed by atoms with van der Waals surface area (Å²) < 4.78 is 0. The standard InChI is InChI=1S/C46H32Cl2.C2H6/c1-3-35-36(4-2)44(31-16-12-18-33(47)27-31)38-21-6-5-20-37(38)43(35)29-14-11-15-30(26-29)45-39-22-7-9-24-41(39)46(32-17-13-19-34(48)28-32)42-25-10-8-23-40(42)45;1-2/h3-28H,1-2H3;1-2H3/b35-3+,36-4+;. The lowest BCUT2D eigenvalue weighted by Crippen LogP contribution is -2.29. The van der Waals surface area contributed by atoms with Crippen LogP contribution >= 0.6 is 23.2 Å². The molecular formula is C48H38Cl2. The highest BCUT2D eigenvalue weighted by molar-refractivity contribution is 6.31. The van der Waals surface area contributed by atoms with Gasteiger partial charge in [0.25, 0.3) is 0 Å². The maximum Gasteiger partial charge on any atom is 0.0412 e. The van der Waals surface area contributed by atoms with Crippen molar-refractivity contribution in [1.82, 2.24) is 0 Å². The van der Waals surface area contributed by atoms with Gasteiger partial charge in [-0.3, -0.25) is 0 Å². The second-order valence-electron chi connectivity index (χ2n) is 12.1. The lowest BCUT2D eigenvalue weighted by atomic mass is 9.84. The smallest absolute Gasteiger partial charge is 0.0412 e. The summed E-state index contributed by atoms with van der Waals surface area (Å²) in [6.07, 6.45) is 4.49. The van der Waals surface area contributed by atoms with Crippen molar-refractivity contribution in [3.05, 3.63) is 166 Å². The van der Waals surface area contributed by atoms with Gasteiger partial charge in [-0.2, -0.15) is 0 Å². The highest BCUT2D eigenvalue weighted by Gasteiger charge is 2.19. The average Bonchev–Trinajstić information content (AvgIpc) is 3.16. The van der Waals surface area contributed by atoms with Crippen molar-refractivity contribution in [2.45, 2.75) is 27.7 Å². The molecule has 50 heavy (non-hydrogen) atoms. The van der Waals surface area contributed by atoms with E-state index in [4.69, 9.17) is 23.2 Å². The first kappa shape index (κ1) is 33.4. The van der Waals surface area contributed by atoms with Crippen molar-refractivity contribution < 1.29 is 0 Å². The van der Waals surface area contributed by atoms with Crippen molar-refractivity contribution in [2.75, 3.05) is 0 Å². The van der Waals surface area contributed by atoms with Crippen LogP contribution in [-0.2, 0) is 0 Å². The fraction of sp³-hybridized carbons (Fsp3) is 0.0833. The minimum Gasteiger partial charge on any atom is -0.0843 e. The van der Waals surface area contributed by atoms with Crippen LogP contribution in [0.25, 0.3) is 89.0 Å². The Morgan fingerprint density at radius 1 is 0.340 bits per heavy atom. The predicted octanol–water partition coefficient (Wildman–Crippen LogP) is 13.7. The van der Waals surface area contributed by atoms with Crippen molar-refractivity contribution >= 4 is 67.7 Å². The van der Waals surface area contributed by atoms with Gasteiger partial charge in [0.05, 0.1) is 0 Å². The number of rotatable bonds is 4. The number of halogens is 2. The molecule has 0 bridgehead atoms. The van der Waals surface area contributed by atoms with E-state index in [-0.39, 0.29) is 0 Å². The van der Waals surface area contributed by atoms with Crippen LogP contribution in [0.4, 0.5) is 0 Å². The van der Waals surface area contributed by atoms with Crippen LogP contribution < -0.4 is 10.4 Å². The fourth-order valence-electron chi connectivity index (χ4n) is 7.57. The molecular weight excluding hydrogens is 647 g/mol. The highest BCUT2D eigenvalue weighted by Crippen LogP contribution is 2.44. The zero-order valence-electron chi connectivity index (χ0n) is 28.8. The fourth-order valence-corrected chi connectivity index (χ4v) is 7.95. The number of fused-ring (bicyclic) bond motifs is 3. The van der Waals surface area contributed by atoms with Crippen molar-refractivity contribution in [3.8, 4) is 44.5 Å². The summed E-state index contributed by atoms with van der Waals surface area (Å²) in [5.41, 5.74) is 9.49. The van der Waals surface area contributed by atoms with E-state index in [9.17, 15) is 0 Å². The van der Waals surface area contributed by atoms with Gasteiger partial charge in [-0.05, 0) is 131 Å². The molecule has 0 atom stereocenters. The van der Waals surface area contributed by atoms with Gasteiger partial charge in [-0.1, -0.05) is 164 Å². The lowest BCUT2D eigenvalue weighted by Gasteiger charge is -2.19. The molecule has 0 fully saturated rings. The highest BCUT2D eigenvalue weighted by atomic mass is 35.5. The molecule has 8 aromatic carbocycles. The van der Waals surface area contributed by atoms with Gasteiger partial charge in [-0.25, -0.2) is 0 Å². The monoisotopic (exact) mass is 684 g/mol. The Kier molecular flexibility index (Phi) is 9.59. The molecule has 0 unspecified atom stereocenters. The second-order valence-corrected chi connectivity index (χ2v) is 13.0. The number of benzene rings is 8. The summed E-state index contributed by atoms with van der Waals surface area (Å²) in [6, 6.07) is 51.7. The average molecular weight is 686 g/mol. The van der Waals surface area contributed by atoms with Gasteiger partial charge in [0.15, 0.2) is 0 Å². The maximum absolute atomic E-state index is 6.53. The van der Waals surface area contributed by atoms with E-state index in [1.54, 1.807) is 0 Å². The normalized spacial score (nSPS) is 12.0. The zero-order valence-corrected chi connectivity index (χ0v) is 30.3. The minimum absolute atomic E-state index is 0.735. The molecule has 0 nitrogen and oxygen atoms in total. The van der Waals surface area contributed by atoms with Crippen LogP contribution in [0.15, 0.2) is 146 Å². The van der Waals surface area contributed by atoms with Gasteiger partial charge >= 0.3 is 0 Å². The summed E-state index contributed by atoms with van der Waals surface area (Å²) in [5.74, 6) is 0. The quantitative estimate of drug-likeness (QED) is 0.162. The molecule has 0 spiro atoms. The molecule has 0 saturated heterocycles. The topological polar surface area (TPSA) is 0 Å². The first-order valence-corrected chi connectivity index (χ1v) is 18.1. The van der Waals surface area contributed by atoms with Crippen molar-refractivity contribution in [2.24, 2.45) is 0 Å².